The number of methoxy groups -OCH3 is 1. The number of likely N-dealkylation sites (tertiary alicyclic amines) is 1. The molecule has 0 spiro atoms. The molecule has 1 saturated carbocycles. The van der Waals surface area contributed by atoms with Gasteiger partial charge in [0.1, 0.15) is 0 Å². The van der Waals surface area contributed by atoms with E-state index < -0.39 is 0 Å². The third kappa shape index (κ3) is 2.55. The Balaban J connectivity index is 1.75. The van der Waals surface area contributed by atoms with Crippen molar-refractivity contribution in [3.05, 3.63) is 35.9 Å². The number of carbonyl (C=O) groups excluding carboxylic acids is 2. The lowest BCUT2D eigenvalue weighted by Gasteiger charge is -2.34. The fraction of sp³-hybridized carbons (Fsp3) is 0.529. The fourth-order valence-electron chi connectivity index (χ4n) is 3.33. The smallest absolute Gasteiger partial charge is 0.310 e. The van der Waals surface area contributed by atoms with Gasteiger partial charge in [-0.15, -0.1) is 0 Å². The Bertz CT molecular complexity index is 536. The van der Waals surface area contributed by atoms with Crippen LogP contribution >= 0.6 is 0 Å². The number of hydrogen-bond acceptors (Lipinski definition) is 3. The topological polar surface area (TPSA) is 46.6 Å². The standard InChI is InChI=1S/C17H21NO3/c1-21-15(19)13-6-5-11-18(12-13)16(20)17(9-10-17)14-7-3-2-4-8-14/h2-4,7-8,13H,5-6,9-12H2,1H3/t13-/m0/s1. The first-order chi connectivity index (χ1) is 10.2. The summed E-state index contributed by atoms with van der Waals surface area (Å²) < 4.78 is 4.83. The van der Waals surface area contributed by atoms with Gasteiger partial charge in [-0.2, -0.15) is 0 Å². The number of benzene rings is 1. The molecule has 1 aromatic carbocycles. The lowest BCUT2D eigenvalue weighted by Crippen LogP contribution is -2.46. The van der Waals surface area contributed by atoms with E-state index in [4.69, 9.17) is 4.74 Å². The van der Waals surface area contributed by atoms with Crippen LogP contribution in [-0.4, -0.2) is 37.0 Å². The average Bonchev–Trinajstić information content (AvgIpc) is 3.36. The van der Waals surface area contributed by atoms with Gasteiger partial charge in [0.25, 0.3) is 0 Å². The van der Waals surface area contributed by atoms with E-state index in [2.05, 4.69) is 0 Å². The van der Waals surface area contributed by atoms with Gasteiger partial charge in [0, 0.05) is 13.1 Å². The van der Waals surface area contributed by atoms with Crippen molar-refractivity contribution in [2.45, 2.75) is 31.1 Å². The number of esters is 1. The first-order valence-corrected chi connectivity index (χ1v) is 7.60. The SMILES string of the molecule is COC(=O)[C@H]1CCCN(C(=O)C2(c3ccccc3)CC2)C1. The Morgan fingerprint density at radius 2 is 1.95 bits per heavy atom. The lowest BCUT2D eigenvalue weighted by molar-refractivity contribution is -0.149. The molecule has 1 aliphatic carbocycles. The van der Waals surface area contributed by atoms with E-state index in [-0.39, 0.29) is 23.2 Å². The molecular weight excluding hydrogens is 266 g/mol. The maximum Gasteiger partial charge on any atom is 0.310 e. The minimum atomic E-state index is -0.334. The van der Waals surface area contributed by atoms with Gasteiger partial charge in [-0.3, -0.25) is 9.59 Å². The zero-order valence-corrected chi connectivity index (χ0v) is 12.4. The molecule has 1 aromatic rings. The molecule has 0 bridgehead atoms. The van der Waals surface area contributed by atoms with Crippen molar-refractivity contribution < 1.29 is 14.3 Å². The Morgan fingerprint density at radius 3 is 2.57 bits per heavy atom. The van der Waals surface area contributed by atoms with Crippen LogP contribution in [0.4, 0.5) is 0 Å². The second-order valence-corrected chi connectivity index (χ2v) is 6.06. The minimum absolute atomic E-state index is 0.167. The summed E-state index contributed by atoms with van der Waals surface area (Å²) in [5.74, 6) is -0.182. The molecule has 1 heterocycles. The Hall–Kier alpha value is -1.84. The molecule has 3 rings (SSSR count). The summed E-state index contributed by atoms with van der Waals surface area (Å²) in [5, 5.41) is 0. The summed E-state index contributed by atoms with van der Waals surface area (Å²) in [5.41, 5.74) is 0.773. The van der Waals surface area contributed by atoms with E-state index >= 15 is 0 Å². The van der Waals surface area contributed by atoms with Crippen molar-refractivity contribution in [3.8, 4) is 0 Å². The Labute approximate surface area is 125 Å². The highest BCUT2D eigenvalue weighted by atomic mass is 16.5. The maximum atomic E-state index is 12.9. The number of carbonyl (C=O) groups is 2. The highest BCUT2D eigenvalue weighted by Crippen LogP contribution is 2.49. The zero-order chi connectivity index (χ0) is 14.9. The number of amides is 1. The van der Waals surface area contributed by atoms with Gasteiger partial charge in [-0.25, -0.2) is 0 Å². The first-order valence-electron chi connectivity index (χ1n) is 7.60. The molecule has 4 heteroatoms. The molecule has 0 aromatic heterocycles. The summed E-state index contributed by atoms with van der Waals surface area (Å²) in [6.45, 7) is 1.25. The minimum Gasteiger partial charge on any atom is -0.469 e. The van der Waals surface area contributed by atoms with Crippen LogP contribution in [0.3, 0.4) is 0 Å². The molecule has 1 saturated heterocycles. The normalized spacial score (nSPS) is 23.5. The maximum absolute atomic E-state index is 12.9. The quantitative estimate of drug-likeness (QED) is 0.800. The highest BCUT2D eigenvalue weighted by Gasteiger charge is 2.53. The summed E-state index contributed by atoms with van der Waals surface area (Å²) in [7, 11) is 1.41. The molecule has 2 aliphatic rings. The second kappa shape index (κ2) is 5.51. The first kappa shape index (κ1) is 14.1. The van der Waals surface area contributed by atoms with Gasteiger partial charge < -0.3 is 9.64 Å². The van der Waals surface area contributed by atoms with Crippen LogP contribution < -0.4 is 0 Å². The van der Waals surface area contributed by atoms with E-state index in [1.807, 2.05) is 35.2 Å². The number of hydrogen-bond donors (Lipinski definition) is 0. The average molecular weight is 287 g/mol. The third-order valence-corrected chi connectivity index (χ3v) is 4.73. The summed E-state index contributed by atoms with van der Waals surface area (Å²) in [6.07, 6.45) is 3.51. The van der Waals surface area contributed by atoms with E-state index in [0.29, 0.717) is 6.54 Å². The number of piperidine rings is 1. The third-order valence-electron chi connectivity index (χ3n) is 4.73. The highest BCUT2D eigenvalue weighted by molar-refractivity contribution is 5.91. The molecule has 0 unspecified atom stereocenters. The summed E-state index contributed by atoms with van der Waals surface area (Å²) >= 11 is 0. The summed E-state index contributed by atoms with van der Waals surface area (Å²) in [6, 6.07) is 10.0. The molecule has 2 fully saturated rings. The van der Waals surface area contributed by atoms with Crippen LogP contribution in [0.15, 0.2) is 30.3 Å². The van der Waals surface area contributed by atoms with Crippen molar-refractivity contribution in [2.24, 2.45) is 5.92 Å². The largest absolute Gasteiger partial charge is 0.469 e. The molecule has 112 valence electrons. The van der Waals surface area contributed by atoms with Gasteiger partial charge in [0.15, 0.2) is 0 Å². The van der Waals surface area contributed by atoms with Crippen molar-refractivity contribution in [2.75, 3.05) is 20.2 Å². The van der Waals surface area contributed by atoms with Gasteiger partial charge in [-0.1, -0.05) is 30.3 Å². The molecule has 4 nitrogen and oxygen atoms in total. The van der Waals surface area contributed by atoms with E-state index in [1.54, 1.807) is 0 Å². The number of ether oxygens (including phenoxy) is 1. The van der Waals surface area contributed by atoms with Crippen LogP contribution in [-0.2, 0) is 19.7 Å². The monoisotopic (exact) mass is 287 g/mol. The van der Waals surface area contributed by atoms with E-state index in [9.17, 15) is 9.59 Å². The Morgan fingerprint density at radius 1 is 1.24 bits per heavy atom. The van der Waals surface area contributed by atoms with Gasteiger partial charge >= 0.3 is 5.97 Å². The van der Waals surface area contributed by atoms with Crippen molar-refractivity contribution in [1.29, 1.82) is 0 Å². The fourth-order valence-corrected chi connectivity index (χ4v) is 3.33. The van der Waals surface area contributed by atoms with Crippen LogP contribution in [0.1, 0.15) is 31.2 Å². The predicted molar refractivity (Wildman–Crippen MR) is 78.7 cm³/mol. The van der Waals surface area contributed by atoms with Gasteiger partial charge in [-0.05, 0) is 31.2 Å². The van der Waals surface area contributed by atoms with Gasteiger partial charge in [0.2, 0.25) is 5.91 Å². The summed E-state index contributed by atoms with van der Waals surface area (Å²) in [4.78, 5) is 26.5. The van der Waals surface area contributed by atoms with Crippen molar-refractivity contribution in [3.63, 3.8) is 0 Å². The Kier molecular flexibility index (Phi) is 3.70. The van der Waals surface area contributed by atoms with E-state index in [1.165, 1.54) is 7.11 Å². The molecule has 21 heavy (non-hydrogen) atoms. The number of nitrogens with zero attached hydrogens (tertiary/aromatic N) is 1. The van der Waals surface area contributed by atoms with Gasteiger partial charge in [0.05, 0.1) is 18.4 Å². The second-order valence-electron chi connectivity index (χ2n) is 6.06. The molecule has 1 atom stereocenters. The van der Waals surface area contributed by atoms with Crippen molar-refractivity contribution in [1.82, 2.24) is 4.90 Å². The zero-order valence-electron chi connectivity index (χ0n) is 12.4. The molecular formula is C17H21NO3. The van der Waals surface area contributed by atoms with Crippen LogP contribution in [0.5, 0.6) is 0 Å². The lowest BCUT2D eigenvalue weighted by atomic mass is 9.91. The van der Waals surface area contributed by atoms with E-state index in [0.717, 1.165) is 37.8 Å². The van der Waals surface area contributed by atoms with Crippen LogP contribution in [0, 0.1) is 5.92 Å². The molecule has 1 amide bonds. The number of rotatable bonds is 3. The van der Waals surface area contributed by atoms with Crippen LogP contribution in [0.25, 0.3) is 0 Å². The molecule has 0 radical (unpaired) electrons. The van der Waals surface area contributed by atoms with Crippen LogP contribution in [0.2, 0.25) is 0 Å². The molecule has 1 aliphatic heterocycles. The van der Waals surface area contributed by atoms with Crippen molar-refractivity contribution >= 4 is 11.9 Å². The predicted octanol–water partition coefficient (Wildman–Crippen LogP) is 2.13. The molecule has 0 N–H and O–H groups in total.